The second-order valence-corrected chi connectivity index (χ2v) is 8.73. The van der Waals surface area contributed by atoms with Crippen LogP contribution in [0.1, 0.15) is 56.5 Å². The van der Waals surface area contributed by atoms with Gasteiger partial charge in [-0.1, -0.05) is 46.2 Å². The summed E-state index contributed by atoms with van der Waals surface area (Å²) in [4.78, 5) is 25.1. The molecule has 0 saturated carbocycles. The van der Waals surface area contributed by atoms with Gasteiger partial charge < -0.3 is 10.1 Å². The highest BCUT2D eigenvalue weighted by atomic mass is 32.2. The number of esters is 1. The molecule has 1 amide bonds. The lowest BCUT2D eigenvalue weighted by molar-refractivity contribution is -0.113. The van der Waals surface area contributed by atoms with E-state index in [4.69, 9.17) is 4.74 Å². The van der Waals surface area contributed by atoms with Crippen molar-refractivity contribution in [2.24, 2.45) is 0 Å². The van der Waals surface area contributed by atoms with Crippen LogP contribution in [0.4, 0.5) is 5.69 Å². The quantitative estimate of drug-likeness (QED) is 0.353. The summed E-state index contributed by atoms with van der Waals surface area (Å²) in [5.41, 5.74) is 2.55. The zero-order chi connectivity index (χ0) is 20.6. The fourth-order valence-corrected chi connectivity index (χ4v) is 3.18. The maximum atomic E-state index is 12.2. The van der Waals surface area contributed by atoms with E-state index in [1.807, 2.05) is 6.92 Å². The summed E-state index contributed by atoms with van der Waals surface area (Å²) in [6.07, 6.45) is 1.84. The summed E-state index contributed by atoms with van der Waals surface area (Å²) in [7, 11) is 0. The highest BCUT2D eigenvalue weighted by Gasteiger charge is 2.13. The lowest BCUT2D eigenvalue weighted by Crippen LogP contribution is -2.14. The lowest BCUT2D eigenvalue weighted by Gasteiger charge is -2.19. The van der Waals surface area contributed by atoms with Gasteiger partial charge in [-0.3, -0.25) is 4.79 Å². The molecular weight excluding hydrogens is 370 g/mol. The third kappa shape index (κ3) is 7.04. The van der Waals surface area contributed by atoms with E-state index < -0.39 is 0 Å². The van der Waals surface area contributed by atoms with Crippen molar-refractivity contribution in [1.29, 1.82) is 0 Å². The Kier molecular flexibility index (Phi) is 8.12. The average Bonchev–Trinajstić information content (AvgIpc) is 2.67. The number of carbonyl (C=O) groups excluding carboxylic acids is 2. The first-order chi connectivity index (χ1) is 13.3. The number of hydrogen-bond acceptors (Lipinski definition) is 4. The summed E-state index contributed by atoms with van der Waals surface area (Å²) in [6, 6.07) is 15.1. The molecule has 0 radical (unpaired) electrons. The van der Waals surface area contributed by atoms with Crippen molar-refractivity contribution in [3.8, 4) is 0 Å². The van der Waals surface area contributed by atoms with Crippen LogP contribution in [-0.2, 0) is 14.9 Å². The zero-order valence-corrected chi connectivity index (χ0v) is 17.9. The Morgan fingerprint density at radius 1 is 1.00 bits per heavy atom. The standard InChI is InChI=1S/C23H29NO3S/c1-5-6-15-27-22(26)17-7-11-19(12-8-17)24-21(25)16-28-20-13-9-18(10-14-20)23(2,3)4/h7-14H,5-6,15-16H2,1-4H3,(H,24,25). The minimum atomic E-state index is -0.333. The van der Waals surface area contributed by atoms with Crippen LogP contribution in [-0.4, -0.2) is 24.2 Å². The predicted octanol–water partition coefficient (Wildman–Crippen LogP) is 5.67. The van der Waals surface area contributed by atoms with Gasteiger partial charge in [-0.25, -0.2) is 4.79 Å². The Hall–Kier alpha value is -2.27. The van der Waals surface area contributed by atoms with Gasteiger partial charge in [-0.2, -0.15) is 0 Å². The molecular formula is C23H29NO3S. The molecule has 2 aromatic carbocycles. The molecule has 0 saturated heterocycles. The molecule has 0 heterocycles. The molecule has 0 aromatic heterocycles. The Bertz CT molecular complexity index is 777. The number of unbranched alkanes of at least 4 members (excludes halogenated alkanes) is 1. The van der Waals surface area contributed by atoms with Crippen molar-refractivity contribution in [3.05, 3.63) is 59.7 Å². The summed E-state index contributed by atoms with van der Waals surface area (Å²) in [6.45, 7) is 9.02. The number of amides is 1. The minimum Gasteiger partial charge on any atom is -0.462 e. The van der Waals surface area contributed by atoms with Crippen molar-refractivity contribution in [3.63, 3.8) is 0 Å². The van der Waals surface area contributed by atoms with Crippen molar-refractivity contribution in [2.45, 2.75) is 50.8 Å². The van der Waals surface area contributed by atoms with Crippen LogP contribution in [0.3, 0.4) is 0 Å². The highest BCUT2D eigenvalue weighted by Crippen LogP contribution is 2.25. The monoisotopic (exact) mass is 399 g/mol. The Labute approximate surface area is 172 Å². The van der Waals surface area contributed by atoms with Crippen LogP contribution < -0.4 is 5.32 Å². The Balaban J connectivity index is 1.82. The molecule has 5 heteroatoms. The molecule has 150 valence electrons. The SMILES string of the molecule is CCCCOC(=O)c1ccc(NC(=O)CSc2ccc(C(C)(C)C)cc2)cc1. The van der Waals surface area contributed by atoms with E-state index in [0.717, 1.165) is 17.7 Å². The van der Waals surface area contributed by atoms with Crippen molar-refractivity contribution in [2.75, 3.05) is 17.7 Å². The number of hydrogen-bond donors (Lipinski definition) is 1. The number of carbonyl (C=O) groups is 2. The fraction of sp³-hybridized carbons (Fsp3) is 0.391. The third-order valence-electron chi connectivity index (χ3n) is 4.23. The molecule has 4 nitrogen and oxygen atoms in total. The summed E-state index contributed by atoms with van der Waals surface area (Å²) in [5.74, 6) is -0.0841. The molecule has 28 heavy (non-hydrogen) atoms. The van der Waals surface area contributed by atoms with Crippen LogP contribution in [0.15, 0.2) is 53.4 Å². The molecule has 0 aliphatic rings. The first kappa shape index (κ1) is 22.0. The van der Waals surface area contributed by atoms with E-state index in [2.05, 4.69) is 50.4 Å². The first-order valence-corrected chi connectivity index (χ1v) is 10.6. The van der Waals surface area contributed by atoms with Crippen LogP contribution >= 0.6 is 11.8 Å². The second kappa shape index (κ2) is 10.3. The van der Waals surface area contributed by atoms with Gasteiger partial charge in [-0.15, -0.1) is 11.8 Å². The zero-order valence-electron chi connectivity index (χ0n) is 17.1. The average molecular weight is 400 g/mol. The van der Waals surface area contributed by atoms with Gasteiger partial charge in [0, 0.05) is 10.6 Å². The van der Waals surface area contributed by atoms with E-state index in [1.54, 1.807) is 24.3 Å². The van der Waals surface area contributed by atoms with Gasteiger partial charge in [0.15, 0.2) is 0 Å². The maximum Gasteiger partial charge on any atom is 0.338 e. The summed E-state index contributed by atoms with van der Waals surface area (Å²) in [5, 5.41) is 2.85. The summed E-state index contributed by atoms with van der Waals surface area (Å²) < 4.78 is 5.18. The number of nitrogens with one attached hydrogen (secondary N) is 1. The summed E-state index contributed by atoms with van der Waals surface area (Å²) >= 11 is 1.50. The molecule has 0 bridgehead atoms. The number of benzene rings is 2. The molecule has 0 fully saturated rings. The van der Waals surface area contributed by atoms with Gasteiger partial charge in [0.1, 0.15) is 0 Å². The minimum absolute atomic E-state index is 0.0804. The smallest absolute Gasteiger partial charge is 0.338 e. The highest BCUT2D eigenvalue weighted by molar-refractivity contribution is 8.00. The fourth-order valence-electron chi connectivity index (χ4n) is 2.48. The van der Waals surface area contributed by atoms with E-state index in [-0.39, 0.29) is 17.3 Å². The lowest BCUT2D eigenvalue weighted by atomic mass is 9.87. The van der Waals surface area contributed by atoms with Gasteiger partial charge in [-0.05, 0) is 53.8 Å². The van der Waals surface area contributed by atoms with Crippen LogP contribution in [0, 0.1) is 0 Å². The molecule has 0 aliphatic carbocycles. The largest absolute Gasteiger partial charge is 0.462 e. The van der Waals surface area contributed by atoms with E-state index in [1.165, 1.54) is 17.3 Å². The normalized spacial score (nSPS) is 11.1. The molecule has 0 atom stereocenters. The van der Waals surface area contributed by atoms with Crippen molar-refractivity contribution >= 4 is 29.3 Å². The van der Waals surface area contributed by atoms with Crippen LogP contribution in [0.2, 0.25) is 0 Å². The van der Waals surface area contributed by atoms with E-state index >= 15 is 0 Å². The van der Waals surface area contributed by atoms with Crippen molar-refractivity contribution < 1.29 is 14.3 Å². The topological polar surface area (TPSA) is 55.4 Å². The molecule has 2 aromatic rings. The molecule has 2 rings (SSSR count). The molecule has 0 aliphatic heterocycles. The third-order valence-corrected chi connectivity index (χ3v) is 5.24. The predicted molar refractivity (Wildman–Crippen MR) is 116 cm³/mol. The molecule has 0 unspecified atom stereocenters. The number of anilines is 1. The van der Waals surface area contributed by atoms with Crippen molar-refractivity contribution in [1.82, 2.24) is 0 Å². The van der Waals surface area contributed by atoms with Gasteiger partial charge >= 0.3 is 5.97 Å². The van der Waals surface area contributed by atoms with Gasteiger partial charge in [0.2, 0.25) is 5.91 Å². The van der Waals surface area contributed by atoms with E-state index in [9.17, 15) is 9.59 Å². The molecule has 0 spiro atoms. The number of ether oxygens (including phenoxy) is 1. The molecule has 1 N–H and O–H groups in total. The van der Waals surface area contributed by atoms with Gasteiger partial charge in [0.25, 0.3) is 0 Å². The maximum absolute atomic E-state index is 12.2. The first-order valence-electron chi connectivity index (χ1n) is 9.60. The van der Waals surface area contributed by atoms with E-state index in [0.29, 0.717) is 23.6 Å². The Morgan fingerprint density at radius 3 is 2.21 bits per heavy atom. The Morgan fingerprint density at radius 2 is 1.64 bits per heavy atom. The second-order valence-electron chi connectivity index (χ2n) is 7.68. The van der Waals surface area contributed by atoms with Gasteiger partial charge in [0.05, 0.1) is 17.9 Å². The number of rotatable bonds is 8. The number of thioether (sulfide) groups is 1. The van der Waals surface area contributed by atoms with Crippen LogP contribution in [0.5, 0.6) is 0 Å². The van der Waals surface area contributed by atoms with Crippen LogP contribution in [0.25, 0.3) is 0 Å².